The zero-order valence-electron chi connectivity index (χ0n) is 8.62. The molecule has 1 saturated heterocycles. The highest BCUT2D eigenvalue weighted by molar-refractivity contribution is 9.10. The third-order valence-corrected chi connectivity index (χ3v) is 3.29. The summed E-state index contributed by atoms with van der Waals surface area (Å²) in [5.41, 5.74) is 6.22. The largest absolute Gasteiger partial charge is 0.337 e. The Kier molecular flexibility index (Phi) is 3.25. The predicted octanol–water partition coefficient (Wildman–Crippen LogP) is 1.76. The molecule has 16 heavy (non-hydrogen) atoms. The SMILES string of the molecule is N[C@H]1CCN(C(=O)c2ccc(F)c(Br)c2)C1. The molecule has 0 aliphatic carbocycles. The van der Waals surface area contributed by atoms with Crippen LogP contribution in [0.1, 0.15) is 16.8 Å². The Labute approximate surface area is 102 Å². The van der Waals surface area contributed by atoms with Gasteiger partial charge in [0.2, 0.25) is 0 Å². The van der Waals surface area contributed by atoms with Gasteiger partial charge in [0.05, 0.1) is 4.47 Å². The van der Waals surface area contributed by atoms with Gasteiger partial charge in [-0.3, -0.25) is 4.79 Å². The average Bonchev–Trinajstić information content (AvgIpc) is 2.68. The van der Waals surface area contributed by atoms with Gasteiger partial charge in [-0.25, -0.2) is 4.39 Å². The second-order valence-electron chi connectivity index (χ2n) is 3.93. The van der Waals surface area contributed by atoms with Crippen LogP contribution in [0.5, 0.6) is 0 Å². The van der Waals surface area contributed by atoms with Crippen molar-refractivity contribution in [2.24, 2.45) is 5.73 Å². The molecule has 0 aromatic heterocycles. The number of rotatable bonds is 1. The minimum absolute atomic E-state index is 0.0628. The summed E-state index contributed by atoms with van der Waals surface area (Å²) in [5, 5.41) is 0. The summed E-state index contributed by atoms with van der Waals surface area (Å²) in [7, 11) is 0. The van der Waals surface area contributed by atoms with Crippen molar-refractivity contribution in [3.8, 4) is 0 Å². The molecule has 1 aromatic rings. The lowest BCUT2D eigenvalue weighted by Crippen LogP contribution is -2.31. The van der Waals surface area contributed by atoms with Crippen LogP contribution in [0.15, 0.2) is 22.7 Å². The molecule has 0 radical (unpaired) electrons. The Hall–Kier alpha value is -0.940. The lowest BCUT2D eigenvalue weighted by Gasteiger charge is -2.15. The van der Waals surface area contributed by atoms with Crippen molar-refractivity contribution in [2.45, 2.75) is 12.5 Å². The number of amides is 1. The Morgan fingerprint density at radius 2 is 2.31 bits per heavy atom. The fourth-order valence-electron chi connectivity index (χ4n) is 1.78. The first kappa shape index (κ1) is 11.5. The molecular formula is C11H12BrFN2O. The first-order valence-electron chi connectivity index (χ1n) is 5.08. The van der Waals surface area contributed by atoms with Crippen LogP contribution in [0.4, 0.5) is 4.39 Å². The molecule has 2 N–H and O–H groups in total. The van der Waals surface area contributed by atoms with Crippen LogP contribution in [-0.4, -0.2) is 29.9 Å². The summed E-state index contributed by atoms with van der Waals surface area (Å²) >= 11 is 3.06. The van der Waals surface area contributed by atoms with E-state index in [9.17, 15) is 9.18 Å². The molecule has 86 valence electrons. The molecule has 1 aromatic carbocycles. The lowest BCUT2D eigenvalue weighted by atomic mass is 10.2. The van der Waals surface area contributed by atoms with Gasteiger partial charge < -0.3 is 10.6 Å². The van der Waals surface area contributed by atoms with E-state index in [1.165, 1.54) is 18.2 Å². The van der Waals surface area contributed by atoms with Gasteiger partial charge in [0.1, 0.15) is 5.82 Å². The second kappa shape index (κ2) is 4.51. The number of likely N-dealkylation sites (tertiary alicyclic amines) is 1. The van der Waals surface area contributed by atoms with Crippen molar-refractivity contribution in [2.75, 3.05) is 13.1 Å². The van der Waals surface area contributed by atoms with Crippen molar-refractivity contribution in [1.29, 1.82) is 0 Å². The van der Waals surface area contributed by atoms with Crippen LogP contribution < -0.4 is 5.73 Å². The first-order chi connectivity index (χ1) is 7.58. The summed E-state index contributed by atoms with van der Waals surface area (Å²) in [6.45, 7) is 1.25. The molecule has 0 bridgehead atoms. The molecule has 1 atom stereocenters. The van der Waals surface area contributed by atoms with Crippen molar-refractivity contribution >= 4 is 21.8 Å². The fraction of sp³-hybridized carbons (Fsp3) is 0.364. The predicted molar refractivity (Wildman–Crippen MR) is 62.6 cm³/mol. The van der Waals surface area contributed by atoms with Crippen LogP contribution >= 0.6 is 15.9 Å². The van der Waals surface area contributed by atoms with E-state index < -0.39 is 0 Å². The lowest BCUT2D eigenvalue weighted by molar-refractivity contribution is 0.0791. The second-order valence-corrected chi connectivity index (χ2v) is 4.78. The number of carbonyl (C=O) groups is 1. The van der Waals surface area contributed by atoms with Gasteiger partial charge in [0, 0.05) is 24.7 Å². The molecule has 2 rings (SSSR count). The van der Waals surface area contributed by atoms with Gasteiger partial charge in [-0.05, 0) is 40.5 Å². The molecule has 1 aliphatic heterocycles. The molecule has 1 fully saturated rings. The van der Waals surface area contributed by atoms with E-state index in [1.807, 2.05) is 0 Å². The quantitative estimate of drug-likeness (QED) is 0.855. The Morgan fingerprint density at radius 3 is 2.88 bits per heavy atom. The van der Waals surface area contributed by atoms with E-state index in [0.717, 1.165) is 6.42 Å². The number of nitrogens with zero attached hydrogens (tertiary/aromatic N) is 1. The first-order valence-corrected chi connectivity index (χ1v) is 5.87. The third-order valence-electron chi connectivity index (χ3n) is 2.68. The molecule has 5 heteroatoms. The standard InChI is InChI=1S/C11H12BrFN2O/c12-9-5-7(1-2-10(9)13)11(16)15-4-3-8(14)6-15/h1-2,5,8H,3-4,6,14H2/t8-/m0/s1. The van der Waals surface area contributed by atoms with Crippen molar-refractivity contribution in [3.05, 3.63) is 34.1 Å². The van der Waals surface area contributed by atoms with E-state index in [1.54, 1.807) is 4.90 Å². The van der Waals surface area contributed by atoms with Crippen molar-refractivity contribution in [1.82, 2.24) is 4.90 Å². The normalized spacial score (nSPS) is 20.2. The highest BCUT2D eigenvalue weighted by Crippen LogP contribution is 2.19. The molecule has 1 aliphatic rings. The number of carbonyl (C=O) groups excluding carboxylic acids is 1. The maximum Gasteiger partial charge on any atom is 0.253 e. The highest BCUT2D eigenvalue weighted by Gasteiger charge is 2.24. The van der Waals surface area contributed by atoms with Crippen molar-refractivity contribution in [3.63, 3.8) is 0 Å². The van der Waals surface area contributed by atoms with Crippen LogP contribution in [0.3, 0.4) is 0 Å². The number of benzene rings is 1. The van der Waals surface area contributed by atoms with E-state index in [2.05, 4.69) is 15.9 Å². The van der Waals surface area contributed by atoms with Gasteiger partial charge in [0.25, 0.3) is 5.91 Å². The Bertz CT molecular complexity index is 424. The van der Waals surface area contributed by atoms with Crippen molar-refractivity contribution < 1.29 is 9.18 Å². The number of hydrogen-bond acceptors (Lipinski definition) is 2. The van der Waals surface area contributed by atoms with E-state index in [0.29, 0.717) is 23.1 Å². The highest BCUT2D eigenvalue weighted by atomic mass is 79.9. The van der Waals surface area contributed by atoms with Gasteiger partial charge in [-0.15, -0.1) is 0 Å². The van der Waals surface area contributed by atoms with E-state index >= 15 is 0 Å². The molecule has 0 saturated carbocycles. The maximum atomic E-state index is 13.0. The number of hydrogen-bond donors (Lipinski definition) is 1. The number of halogens is 2. The maximum absolute atomic E-state index is 13.0. The minimum atomic E-state index is -0.366. The van der Waals surface area contributed by atoms with Gasteiger partial charge in [-0.1, -0.05) is 0 Å². The van der Waals surface area contributed by atoms with Crippen LogP contribution in [0.2, 0.25) is 0 Å². The summed E-state index contributed by atoms with van der Waals surface area (Å²) in [6, 6.07) is 4.34. The summed E-state index contributed by atoms with van der Waals surface area (Å²) in [6.07, 6.45) is 0.827. The zero-order valence-corrected chi connectivity index (χ0v) is 10.2. The zero-order chi connectivity index (χ0) is 11.7. The van der Waals surface area contributed by atoms with Gasteiger partial charge >= 0.3 is 0 Å². The van der Waals surface area contributed by atoms with Crippen LogP contribution in [-0.2, 0) is 0 Å². The molecular weight excluding hydrogens is 275 g/mol. The molecule has 0 spiro atoms. The minimum Gasteiger partial charge on any atom is -0.337 e. The Morgan fingerprint density at radius 1 is 1.56 bits per heavy atom. The summed E-state index contributed by atoms with van der Waals surface area (Å²) < 4.78 is 13.3. The summed E-state index contributed by atoms with van der Waals surface area (Å²) in [4.78, 5) is 13.7. The summed E-state index contributed by atoms with van der Waals surface area (Å²) in [5.74, 6) is -0.455. The molecule has 1 heterocycles. The number of nitrogens with two attached hydrogens (primary N) is 1. The van der Waals surface area contributed by atoms with Crippen LogP contribution in [0.25, 0.3) is 0 Å². The monoisotopic (exact) mass is 286 g/mol. The topological polar surface area (TPSA) is 46.3 Å². The van der Waals surface area contributed by atoms with E-state index in [-0.39, 0.29) is 17.8 Å². The Balaban J connectivity index is 2.18. The smallest absolute Gasteiger partial charge is 0.253 e. The van der Waals surface area contributed by atoms with E-state index in [4.69, 9.17) is 5.73 Å². The molecule has 0 unspecified atom stereocenters. The van der Waals surface area contributed by atoms with Crippen LogP contribution in [0, 0.1) is 5.82 Å². The third kappa shape index (κ3) is 2.25. The van der Waals surface area contributed by atoms with Gasteiger partial charge in [-0.2, -0.15) is 0 Å². The molecule has 3 nitrogen and oxygen atoms in total. The van der Waals surface area contributed by atoms with Gasteiger partial charge in [0.15, 0.2) is 0 Å². The fourth-order valence-corrected chi connectivity index (χ4v) is 2.16. The average molecular weight is 287 g/mol. The molecule has 1 amide bonds.